The first-order chi connectivity index (χ1) is 24.6. The van der Waals surface area contributed by atoms with Gasteiger partial charge in [-0.25, -0.2) is 0 Å². The molecule has 5 nitrogen and oxygen atoms in total. The third-order valence-corrected chi connectivity index (χ3v) is 9.50. The van der Waals surface area contributed by atoms with E-state index in [9.17, 15) is 0 Å². The molecule has 2 unspecified atom stereocenters. The van der Waals surface area contributed by atoms with Gasteiger partial charge < -0.3 is 23.8 Å². The van der Waals surface area contributed by atoms with Gasteiger partial charge in [0.05, 0.1) is 13.2 Å². The van der Waals surface area contributed by atoms with Crippen LogP contribution < -0.4 is 14.4 Å². The molecule has 2 aliphatic rings. The van der Waals surface area contributed by atoms with Crippen molar-refractivity contribution < 1.29 is 18.9 Å². The van der Waals surface area contributed by atoms with Crippen LogP contribution in [-0.4, -0.2) is 25.8 Å². The predicted molar refractivity (Wildman–Crippen MR) is 204 cm³/mol. The Morgan fingerprint density at radius 3 is 1.50 bits per heavy atom. The van der Waals surface area contributed by atoms with Crippen molar-refractivity contribution in [2.45, 2.75) is 71.4 Å². The monoisotopic (exact) mass is 665 g/mol. The average Bonchev–Trinajstić information content (AvgIpc) is 3.17. The van der Waals surface area contributed by atoms with E-state index in [1.165, 1.54) is 27.8 Å². The fourth-order valence-electron chi connectivity index (χ4n) is 6.58. The molecule has 0 spiro atoms. The zero-order valence-electron chi connectivity index (χ0n) is 29.2. The van der Waals surface area contributed by atoms with Gasteiger partial charge in [0.2, 0.25) is 0 Å². The van der Waals surface area contributed by atoms with Gasteiger partial charge in [0.1, 0.15) is 11.5 Å². The van der Waals surface area contributed by atoms with Crippen LogP contribution in [0.25, 0.3) is 11.6 Å². The second-order valence-electron chi connectivity index (χ2n) is 13.2. The van der Waals surface area contributed by atoms with Gasteiger partial charge >= 0.3 is 0 Å². The van der Waals surface area contributed by atoms with Gasteiger partial charge in [-0.15, -0.1) is 0 Å². The maximum Gasteiger partial charge on any atom is 0.199 e. The Morgan fingerprint density at radius 1 is 0.600 bits per heavy atom. The van der Waals surface area contributed by atoms with E-state index in [0.717, 1.165) is 92.3 Å². The van der Waals surface area contributed by atoms with Crippen LogP contribution in [0.5, 0.6) is 11.5 Å². The smallest absolute Gasteiger partial charge is 0.199 e. The molecule has 2 heterocycles. The molecule has 2 fully saturated rings. The Hall–Kier alpha value is -4.84. The topological polar surface area (TPSA) is 40.2 Å². The molecule has 2 saturated heterocycles. The van der Waals surface area contributed by atoms with Gasteiger partial charge in [-0.2, -0.15) is 0 Å². The Kier molecular flexibility index (Phi) is 10.9. The molecule has 5 aromatic carbocycles. The van der Waals surface area contributed by atoms with E-state index in [1.54, 1.807) is 0 Å². The lowest BCUT2D eigenvalue weighted by Gasteiger charge is -2.27. The van der Waals surface area contributed by atoms with Crippen LogP contribution in [0, 0.1) is 6.92 Å². The van der Waals surface area contributed by atoms with E-state index >= 15 is 0 Å². The second-order valence-corrected chi connectivity index (χ2v) is 13.2. The largest absolute Gasteiger partial charge is 0.465 e. The minimum Gasteiger partial charge on any atom is -0.465 e. The van der Waals surface area contributed by atoms with Crippen LogP contribution in [0.3, 0.4) is 0 Å². The average molecular weight is 666 g/mol. The van der Waals surface area contributed by atoms with Crippen LogP contribution in [0.15, 0.2) is 121 Å². The molecule has 0 aromatic heterocycles. The third kappa shape index (κ3) is 8.47. The van der Waals surface area contributed by atoms with E-state index < -0.39 is 0 Å². The Bertz CT molecular complexity index is 1750. The van der Waals surface area contributed by atoms with Gasteiger partial charge in [-0.3, -0.25) is 0 Å². The van der Waals surface area contributed by atoms with Crippen LogP contribution in [0.2, 0.25) is 0 Å². The first kappa shape index (κ1) is 33.6. The van der Waals surface area contributed by atoms with Gasteiger partial charge in [-0.1, -0.05) is 73.2 Å². The van der Waals surface area contributed by atoms with Gasteiger partial charge in [0.25, 0.3) is 0 Å². The summed E-state index contributed by atoms with van der Waals surface area (Å²) in [6.45, 7) is 5.84. The van der Waals surface area contributed by atoms with E-state index in [-0.39, 0.29) is 12.6 Å². The maximum absolute atomic E-state index is 6.16. The number of anilines is 3. The van der Waals surface area contributed by atoms with Crippen LogP contribution in [0.4, 0.5) is 17.1 Å². The molecule has 0 N–H and O–H groups in total. The highest BCUT2D eigenvalue weighted by Crippen LogP contribution is 2.37. The highest BCUT2D eigenvalue weighted by Gasteiger charge is 2.18. The fourth-order valence-corrected chi connectivity index (χ4v) is 6.58. The molecule has 2 aliphatic heterocycles. The highest BCUT2D eigenvalue weighted by atomic mass is 16.7. The van der Waals surface area contributed by atoms with Crippen molar-refractivity contribution >= 4 is 28.7 Å². The summed E-state index contributed by atoms with van der Waals surface area (Å²) in [5.74, 6) is 1.63. The van der Waals surface area contributed by atoms with Gasteiger partial charge in [0, 0.05) is 29.9 Å². The number of benzene rings is 5. The normalized spacial score (nSPS) is 18.0. The van der Waals surface area contributed by atoms with Gasteiger partial charge in [0.15, 0.2) is 12.6 Å². The van der Waals surface area contributed by atoms with E-state index in [1.807, 2.05) is 24.3 Å². The first-order valence-corrected chi connectivity index (χ1v) is 18.2. The first-order valence-electron chi connectivity index (χ1n) is 18.2. The molecular formula is C45H47NO4. The second kappa shape index (κ2) is 16.2. The summed E-state index contributed by atoms with van der Waals surface area (Å²) in [5, 5.41) is 0. The lowest BCUT2D eigenvalue weighted by Crippen LogP contribution is -2.25. The zero-order chi connectivity index (χ0) is 34.1. The number of rotatable bonds is 11. The predicted octanol–water partition coefficient (Wildman–Crippen LogP) is 11.4. The Labute approximate surface area is 297 Å². The SMILES string of the molecule is CCc1ccc(C(=Cc2ccc(N(c3ccc(OC4CCCCO4)cc3)c3ccc(OC4CCCCO4)cc3)cc2)c2ccc(C)cc2)cc1. The van der Waals surface area contributed by atoms with Crippen LogP contribution in [0.1, 0.15) is 73.3 Å². The maximum atomic E-state index is 6.16. The molecule has 7 rings (SSSR count). The molecule has 0 amide bonds. The fraction of sp³-hybridized carbons (Fsp3) is 0.289. The molecule has 0 saturated carbocycles. The van der Waals surface area contributed by atoms with E-state index in [4.69, 9.17) is 18.9 Å². The van der Waals surface area contributed by atoms with Gasteiger partial charge in [-0.05, 0) is 134 Å². The third-order valence-electron chi connectivity index (χ3n) is 9.50. The highest BCUT2D eigenvalue weighted by molar-refractivity contribution is 5.92. The van der Waals surface area contributed by atoms with Crippen molar-refractivity contribution in [1.29, 1.82) is 0 Å². The molecule has 2 atom stereocenters. The molecule has 256 valence electrons. The van der Waals surface area contributed by atoms with E-state index in [2.05, 4.69) is 122 Å². The molecule has 0 aliphatic carbocycles. The standard InChI is InChI=1S/C45H47NO4/c1-3-34-12-18-37(19-13-34)43(36-16-10-33(2)11-17-36)32-35-14-20-38(21-15-35)46(39-22-26-41(27-23-39)49-44-8-4-6-30-47-44)40-24-28-42(29-25-40)50-45-9-5-7-31-48-45/h10-29,32,44-45H,3-9,30-31H2,1-2H3. The molecular weight excluding hydrogens is 618 g/mol. The van der Waals surface area contributed by atoms with Crippen LogP contribution in [-0.2, 0) is 15.9 Å². The Balaban J connectivity index is 1.19. The summed E-state index contributed by atoms with van der Waals surface area (Å²) < 4.78 is 23.9. The lowest BCUT2D eigenvalue weighted by atomic mass is 9.94. The minimum atomic E-state index is -0.179. The van der Waals surface area contributed by atoms with Crippen molar-refractivity contribution in [3.05, 3.63) is 149 Å². The van der Waals surface area contributed by atoms with Crippen molar-refractivity contribution in [2.75, 3.05) is 18.1 Å². The molecule has 0 bridgehead atoms. The summed E-state index contributed by atoms with van der Waals surface area (Å²) in [7, 11) is 0. The number of ether oxygens (including phenoxy) is 4. The summed E-state index contributed by atoms with van der Waals surface area (Å²) in [5.41, 5.74) is 10.5. The number of hydrogen-bond acceptors (Lipinski definition) is 5. The van der Waals surface area contributed by atoms with E-state index in [0.29, 0.717) is 0 Å². The number of nitrogens with zero attached hydrogens (tertiary/aromatic N) is 1. The summed E-state index contributed by atoms with van der Waals surface area (Å²) >= 11 is 0. The quantitative estimate of drug-likeness (QED) is 0.131. The molecule has 5 aromatic rings. The number of aryl methyl sites for hydroxylation is 2. The summed E-state index contributed by atoms with van der Waals surface area (Å²) in [6, 6.07) is 43.1. The van der Waals surface area contributed by atoms with Crippen molar-refractivity contribution in [3.8, 4) is 11.5 Å². The summed E-state index contributed by atoms with van der Waals surface area (Å²) in [4.78, 5) is 2.26. The van der Waals surface area contributed by atoms with Crippen molar-refractivity contribution in [2.24, 2.45) is 0 Å². The molecule has 50 heavy (non-hydrogen) atoms. The van der Waals surface area contributed by atoms with Crippen molar-refractivity contribution in [1.82, 2.24) is 0 Å². The lowest BCUT2D eigenvalue weighted by molar-refractivity contribution is -0.106. The Morgan fingerprint density at radius 2 is 1.06 bits per heavy atom. The zero-order valence-corrected chi connectivity index (χ0v) is 29.2. The molecule has 5 heteroatoms. The number of hydrogen-bond donors (Lipinski definition) is 0. The minimum absolute atomic E-state index is 0.179. The van der Waals surface area contributed by atoms with Crippen LogP contribution >= 0.6 is 0 Å². The molecule has 0 radical (unpaired) electrons. The van der Waals surface area contributed by atoms with Crippen molar-refractivity contribution in [3.63, 3.8) is 0 Å². The summed E-state index contributed by atoms with van der Waals surface area (Å²) in [6.07, 6.45) is 9.25.